The van der Waals surface area contributed by atoms with Gasteiger partial charge in [-0.1, -0.05) is 26.2 Å². The van der Waals surface area contributed by atoms with Crippen LogP contribution in [0.25, 0.3) is 0 Å². The van der Waals surface area contributed by atoms with Gasteiger partial charge in [0.15, 0.2) is 0 Å². The van der Waals surface area contributed by atoms with Gasteiger partial charge in [-0.25, -0.2) is 4.79 Å². The summed E-state index contributed by atoms with van der Waals surface area (Å²) in [5, 5.41) is 3.12. The van der Waals surface area contributed by atoms with Crippen LogP contribution in [0.3, 0.4) is 0 Å². The van der Waals surface area contributed by atoms with Crippen LogP contribution < -0.4 is 5.32 Å². The molecule has 1 N–H and O–H groups in total. The highest BCUT2D eigenvalue weighted by atomic mass is 16.2. The Hall–Kier alpha value is -0.730. The fourth-order valence-electron chi connectivity index (χ4n) is 2.38. The highest BCUT2D eigenvalue weighted by Gasteiger charge is 2.23. The number of nitrogens with zero attached hydrogens (tertiary/aromatic N) is 1. The second-order valence-electron chi connectivity index (χ2n) is 4.76. The third-order valence-corrected chi connectivity index (χ3v) is 3.37. The molecule has 0 bridgehead atoms. The van der Waals surface area contributed by atoms with Gasteiger partial charge in [-0.3, -0.25) is 0 Å². The van der Waals surface area contributed by atoms with Crippen LogP contribution in [0.1, 0.15) is 45.4 Å². The van der Waals surface area contributed by atoms with Gasteiger partial charge >= 0.3 is 6.03 Å². The Morgan fingerprint density at radius 1 is 1.33 bits per heavy atom. The molecule has 15 heavy (non-hydrogen) atoms. The lowest BCUT2D eigenvalue weighted by atomic mass is 9.83. The van der Waals surface area contributed by atoms with Crippen molar-refractivity contribution in [2.75, 3.05) is 14.1 Å². The zero-order chi connectivity index (χ0) is 11.3. The van der Waals surface area contributed by atoms with Crippen LogP contribution in [0.2, 0.25) is 0 Å². The second kappa shape index (κ2) is 5.99. The summed E-state index contributed by atoms with van der Waals surface area (Å²) in [6.07, 6.45) is 7.65. The van der Waals surface area contributed by atoms with Crippen molar-refractivity contribution < 1.29 is 4.79 Å². The molecular weight excluding hydrogens is 188 g/mol. The highest BCUT2D eigenvalue weighted by molar-refractivity contribution is 5.73. The smallest absolute Gasteiger partial charge is 0.317 e. The van der Waals surface area contributed by atoms with Crippen molar-refractivity contribution in [2.24, 2.45) is 5.92 Å². The lowest BCUT2D eigenvalue weighted by Gasteiger charge is -2.31. The Kier molecular flexibility index (Phi) is 4.92. The molecule has 0 aromatic carbocycles. The Labute approximate surface area is 93.2 Å². The molecule has 1 unspecified atom stereocenters. The molecule has 1 aliphatic carbocycles. The monoisotopic (exact) mass is 212 g/mol. The molecule has 1 atom stereocenters. The molecule has 1 rings (SSSR count). The van der Waals surface area contributed by atoms with Crippen LogP contribution in [-0.2, 0) is 0 Å². The molecule has 0 aromatic rings. The molecule has 3 nitrogen and oxygen atoms in total. The number of nitrogens with one attached hydrogen (secondary N) is 1. The maximum absolute atomic E-state index is 11.6. The Morgan fingerprint density at radius 3 is 2.40 bits per heavy atom. The minimum absolute atomic E-state index is 0.0485. The van der Waals surface area contributed by atoms with Gasteiger partial charge in [0.2, 0.25) is 0 Å². The van der Waals surface area contributed by atoms with Crippen LogP contribution in [-0.4, -0.2) is 31.1 Å². The molecule has 0 aliphatic heterocycles. The summed E-state index contributed by atoms with van der Waals surface area (Å²) in [5.74, 6) is 0.702. The van der Waals surface area contributed by atoms with Gasteiger partial charge < -0.3 is 10.2 Å². The van der Waals surface area contributed by atoms with Crippen molar-refractivity contribution >= 4 is 6.03 Å². The Bertz CT molecular complexity index is 198. The predicted octanol–water partition coefficient (Wildman–Crippen LogP) is 2.62. The molecule has 3 heteroatoms. The van der Waals surface area contributed by atoms with E-state index in [4.69, 9.17) is 0 Å². The van der Waals surface area contributed by atoms with Crippen LogP contribution in [0.15, 0.2) is 0 Å². The van der Waals surface area contributed by atoms with Gasteiger partial charge in [0.05, 0.1) is 0 Å². The van der Waals surface area contributed by atoms with E-state index in [0.717, 1.165) is 6.42 Å². The van der Waals surface area contributed by atoms with E-state index in [-0.39, 0.29) is 6.03 Å². The van der Waals surface area contributed by atoms with Gasteiger partial charge in [0, 0.05) is 20.1 Å². The zero-order valence-electron chi connectivity index (χ0n) is 10.3. The maximum atomic E-state index is 11.6. The molecule has 0 aromatic heterocycles. The number of carbonyl (C=O) groups excluding carboxylic acids is 1. The molecular formula is C12H24N2O. The summed E-state index contributed by atoms with van der Waals surface area (Å²) in [4.78, 5) is 13.2. The van der Waals surface area contributed by atoms with Crippen molar-refractivity contribution in [1.82, 2.24) is 10.2 Å². The van der Waals surface area contributed by atoms with Crippen LogP contribution in [0.5, 0.6) is 0 Å². The van der Waals surface area contributed by atoms with Gasteiger partial charge in [-0.15, -0.1) is 0 Å². The van der Waals surface area contributed by atoms with E-state index in [2.05, 4.69) is 12.2 Å². The lowest BCUT2D eigenvalue weighted by Crippen LogP contribution is -2.45. The zero-order valence-corrected chi connectivity index (χ0v) is 10.3. The number of carbonyl (C=O) groups is 1. The molecule has 88 valence electrons. The molecule has 1 fully saturated rings. The summed E-state index contributed by atoms with van der Waals surface area (Å²) in [5.41, 5.74) is 0. The van der Waals surface area contributed by atoms with E-state index < -0.39 is 0 Å². The maximum Gasteiger partial charge on any atom is 0.317 e. The SMILES string of the molecule is CCC(NC(=O)N(C)C)C1CCCCC1. The third kappa shape index (κ3) is 3.73. The highest BCUT2D eigenvalue weighted by Crippen LogP contribution is 2.27. The first-order valence-electron chi connectivity index (χ1n) is 6.13. The summed E-state index contributed by atoms with van der Waals surface area (Å²) in [6, 6.07) is 0.424. The number of amides is 2. The largest absolute Gasteiger partial charge is 0.335 e. The Balaban J connectivity index is 2.43. The second-order valence-corrected chi connectivity index (χ2v) is 4.76. The molecule has 1 aliphatic rings. The quantitative estimate of drug-likeness (QED) is 0.766. The Morgan fingerprint density at radius 2 is 1.93 bits per heavy atom. The van der Waals surface area contributed by atoms with E-state index in [1.807, 2.05) is 0 Å². The topological polar surface area (TPSA) is 32.3 Å². The summed E-state index contributed by atoms with van der Waals surface area (Å²) in [6.45, 7) is 2.16. The molecule has 1 saturated carbocycles. The van der Waals surface area contributed by atoms with E-state index in [9.17, 15) is 4.79 Å². The summed E-state index contributed by atoms with van der Waals surface area (Å²) < 4.78 is 0. The molecule has 0 spiro atoms. The number of urea groups is 1. The fraction of sp³-hybridized carbons (Fsp3) is 0.917. The van der Waals surface area contributed by atoms with Crippen molar-refractivity contribution in [3.05, 3.63) is 0 Å². The lowest BCUT2D eigenvalue weighted by molar-refractivity contribution is 0.198. The third-order valence-electron chi connectivity index (χ3n) is 3.37. The van der Waals surface area contributed by atoms with Gasteiger partial charge in [-0.05, 0) is 25.2 Å². The van der Waals surface area contributed by atoms with Crippen LogP contribution >= 0.6 is 0 Å². The molecule has 2 amide bonds. The van der Waals surface area contributed by atoms with Gasteiger partial charge in [0.1, 0.15) is 0 Å². The molecule has 0 saturated heterocycles. The predicted molar refractivity (Wildman–Crippen MR) is 62.9 cm³/mol. The van der Waals surface area contributed by atoms with E-state index in [0.29, 0.717) is 12.0 Å². The van der Waals surface area contributed by atoms with Crippen LogP contribution in [0.4, 0.5) is 4.79 Å². The first-order valence-corrected chi connectivity index (χ1v) is 6.13. The number of rotatable bonds is 3. The minimum atomic E-state index is 0.0485. The summed E-state index contributed by atoms with van der Waals surface area (Å²) in [7, 11) is 3.59. The summed E-state index contributed by atoms with van der Waals surface area (Å²) >= 11 is 0. The van der Waals surface area contributed by atoms with Crippen molar-refractivity contribution in [3.63, 3.8) is 0 Å². The minimum Gasteiger partial charge on any atom is -0.335 e. The first kappa shape index (κ1) is 12.3. The average molecular weight is 212 g/mol. The van der Waals surface area contributed by atoms with Crippen LogP contribution in [0, 0.1) is 5.92 Å². The normalized spacial score (nSPS) is 19.7. The van der Waals surface area contributed by atoms with E-state index in [1.165, 1.54) is 32.1 Å². The van der Waals surface area contributed by atoms with Crippen molar-refractivity contribution in [1.29, 1.82) is 0 Å². The first-order chi connectivity index (χ1) is 7.15. The average Bonchev–Trinajstić information content (AvgIpc) is 2.26. The number of hydrogen-bond donors (Lipinski definition) is 1. The standard InChI is InChI=1S/C12H24N2O/c1-4-11(13-12(15)14(2)3)10-8-6-5-7-9-10/h10-11H,4-9H2,1-3H3,(H,13,15). The number of hydrogen-bond acceptors (Lipinski definition) is 1. The van der Waals surface area contributed by atoms with E-state index >= 15 is 0 Å². The van der Waals surface area contributed by atoms with Gasteiger partial charge in [-0.2, -0.15) is 0 Å². The van der Waals surface area contributed by atoms with Gasteiger partial charge in [0.25, 0.3) is 0 Å². The van der Waals surface area contributed by atoms with Crippen molar-refractivity contribution in [3.8, 4) is 0 Å². The molecule has 0 heterocycles. The van der Waals surface area contributed by atoms with Crippen molar-refractivity contribution in [2.45, 2.75) is 51.5 Å². The van der Waals surface area contributed by atoms with E-state index in [1.54, 1.807) is 19.0 Å². The fourth-order valence-corrected chi connectivity index (χ4v) is 2.38. The molecule has 0 radical (unpaired) electrons.